The van der Waals surface area contributed by atoms with Crippen molar-refractivity contribution in [2.45, 2.75) is 77.6 Å². The highest BCUT2D eigenvalue weighted by Crippen LogP contribution is 2.28. The van der Waals surface area contributed by atoms with Gasteiger partial charge in [0.25, 0.3) is 11.4 Å². The Labute approximate surface area is 244 Å². The summed E-state index contributed by atoms with van der Waals surface area (Å²) >= 11 is 0. The van der Waals surface area contributed by atoms with E-state index in [1.807, 2.05) is 0 Å². The van der Waals surface area contributed by atoms with Gasteiger partial charge in [0.15, 0.2) is 0 Å². The van der Waals surface area contributed by atoms with Gasteiger partial charge in [0.05, 0.1) is 75.4 Å². The highest BCUT2D eigenvalue weighted by molar-refractivity contribution is 5.65. The molecule has 0 radical (unpaired) electrons. The topological polar surface area (TPSA) is 144 Å². The van der Waals surface area contributed by atoms with Crippen molar-refractivity contribution in [1.82, 2.24) is 0 Å². The van der Waals surface area contributed by atoms with Gasteiger partial charge in [-0.25, -0.2) is 0 Å². The SMILES string of the molecule is CCCCCCCCCCCCCOCCOCCOCCOCCOCCNc1ccc([N+](=O)[O-])cc1[N+](=O)[O-]. The second-order valence-electron chi connectivity index (χ2n) is 9.74. The fraction of sp³-hybridized carbons (Fsp3) is 0.793. The third kappa shape index (κ3) is 21.0. The van der Waals surface area contributed by atoms with Crippen LogP contribution in [0.2, 0.25) is 0 Å². The van der Waals surface area contributed by atoms with E-state index >= 15 is 0 Å². The van der Waals surface area contributed by atoms with E-state index in [4.69, 9.17) is 23.7 Å². The van der Waals surface area contributed by atoms with Crippen molar-refractivity contribution in [3.8, 4) is 0 Å². The predicted octanol–water partition coefficient (Wildman–Crippen LogP) is 6.31. The second-order valence-corrected chi connectivity index (χ2v) is 9.74. The van der Waals surface area contributed by atoms with Crippen molar-refractivity contribution < 1.29 is 33.5 Å². The zero-order valence-electron chi connectivity index (χ0n) is 24.9. The molecule has 0 atom stereocenters. The van der Waals surface area contributed by atoms with Gasteiger partial charge in [-0.3, -0.25) is 20.2 Å². The van der Waals surface area contributed by atoms with Crippen molar-refractivity contribution in [3.05, 3.63) is 38.4 Å². The fourth-order valence-electron chi connectivity index (χ4n) is 4.04. The summed E-state index contributed by atoms with van der Waals surface area (Å²) in [5.74, 6) is 0. The van der Waals surface area contributed by atoms with Gasteiger partial charge in [-0.1, -0.05) is 71.1 Å². The third-order valence-electron chi connectivity index (χ3n) is 6.33. The van der Waals surface area contributed by atoms with Gasteiger partial charge in [0, 0.05) is 19.2 Å². The minimum atomic E-state index is -0.670. The van der Waals surface area contributed by atoms with Crippen molar-refractivity contribution >= 4 is 17.1 Å². The molecule has 0 aromatic heterocycles. The van der Waals surface area contributed by atoms with Crippen LogP contribution >= 0.6 is 0 Å². The van der Waals surface area contributed by atoms with Gasteiger partial charge in [-0.2, -0.15) is 0 Å². The van der Waals surface area contributed by atoms with Gasteiger partial charge in [0.1, 0.15) is 5.69 Å². The number of anilines is 1. The molecule has 0 bridgehead atoms. The van der Waals surface area contributed by atoms with E-state index in [-0.39, 0.29) is 17.1 Å². The normalized spacial score (nSPS) is 11.1. The van der Waals surface area contributed by atoms with Crippen LogP contribution in [0.3, 0.4) is 0 Å². The van der Waals surface area contributed by atoms with Gasteiger partial charge < -0.3 is 29.0 Å². The van der Waals surface area contributed by atoms with Crippen LogP contribution in [0.1, 0.15) is 77.6 Å². The number of nitro benzene ring substituents is 2. The predicted molar refractivity (Wildman–Crippen MR) is 159 cm³/mol. The molecule has 0 amide bonds. The molecule has 1 N–H and O–H groups in total. The average molecular weight is 586 g/mol. The molecule has 1 aromatic carbocycles. The van der Waals surface area contributed by atoms with E-state index in [9.17, 15) is 20.2 Å². The molecule has 0 heterocycles. The van der Waals surface area contributed by atoms with Crippen LogP contribution in [0.15, 0.2) is 18.2 Å². The Bertz CT molecular complexity index is 799. The molecule has 41 heavy (non-hydrogen) atoms. The summed E-state index contributed by atoms with van der Waals surface area (Å²) < 4.78 is 27.5. The van der Waals surface area contributed by atoms with Gasteiger partial charge >= 0.3 is 0 Å². The molecular formula is C29H51N3O9. The van der Waals surface area contributed by atoms with Crippen LogP contribution in [0.25, 0.3) is 0 Å². The number of nitrogens with one attached hydrogen (secondary N) is 1. The molecule has 0 aliphatic heterocycles. The second kappa shape index (κ2) is 26.5. The van der Waals surface area contributed by atoms with E-state index in [1.54, 1.807) is 0 Å². The number of ether oxygens (including phenoxy) is 5. The lowest BCUT2D eigenvalue weighted by Crippen LogP contribution is -2.15. The maximum absolute atomic E-state index is 11.1. The molecule has 0 fully saturated rings. The molecule has 236 valence electrons. The lowest BCUT2D eigenvalue weighted by molar-refractivity contribution is -0.393. The molecule has 0 saturated heterocycles. The number of unbranched alkanes of at least 4 members (excludes halogenated alkanes) is 10. The molecule has 0 spiro atoms. The van der Waals surface area contributed by atoms with Gasteiger partial charge in [0.2, 0.25) is 0 Å². The molecule has 0 aliphatic carbocycles. The quantitative estimate of drug-likeness (QED) is 0.0619. The highest BCUT2D eigenvalue weighted by Gasteiger charge is 2.19. The molecular weight excluding hydrogens is 534 g/mol. The standard InChI is InChI=1S/C29H51N3O9/c1-2-3-4-5-6-7-8-9-10-11-12-16-37-18-20-39-22-24-41-25-23-40-21-19-38-17-15-30-28-14-13-27(31(33)34)26-29(28)32(35)36/h13-14,26,30H,2-12,15-25H2,1H3. The summed E-state index contributed by atoms with van der Waals surface area (Å²) in [7, 11) is 0. The zero-order valence-corrected chi connectivity index (χ0v) is 24.9. The first-order valence-corrected chi connectivity index (χ1v) is 15.1. The van der Waals surface area contributed by atoms with Crippen molar-refractivity contribution in [2.24, 2.45) is 0 Å². The smallest absolute Gasteiger partial charge is 0.299 e. The number of hydrogen-bond acceptors (Lipinski definition) is 10. The summed E-state index contributed by atoms with van der Waals surface area (Å²) in [5, 5.41) is 24.8. The molecule has 0 saturated carbocycles. The van der Waals surface area contributed by atoms with E-state index in [0.29, 0.717) is 66.0 Å². The zero-order chi connectivity index (χ0) is 29.8. The maximum atomic E-state index is 11.1. The minimum Gasteiger partial charge on any atom is -0.379 e. The van der Waals surface area contributed by atoms with Crippen LogP contribution in [-0.2, 0) is 23.7 Å². The molecule has 0 aliphatic rings. The summed E-state index contributed by atoms with van der Waals surface area (Å²) in [6.45, 7) is 7.54. The largest absolute Gasteiger partial charge is 0.379 e. The van der Waals surface area contributed by atoms with Crippen LogP contribution in [-0.4, -0.2) is 82.5 Å². The molecule has 1 aromatic rings. The lowest BCUT2D eigenvalue weighted by atomic mass is 10.1. The van der Waals surface area contributed by atoms with Crippen molar-refractivity contribution in [3.63, 3.8) is 0 Å². The van der Waals surface area contributed by atoms with E-state index < -0.39 is 9.85 Å². The van der Waals surface area contributed by atoms with Crippen molar-refractivity contribution in [2.75, 3.05) is 77.9 Å². The summed E-state index contributed by atoms with van der Waals surface area (Å²) in [4.78, 5) is 20.6. The maximum Gasteiger partial charge on any atom is 0.299 e. The van der Waals surface area contributed by atoms with E-state index in [0.717, 1.165) is 19.1 Å². The first-order valence-electron chi connectivity index (χ1n) is 15.1. The number of nitro groups is 2. The lowest BCUT2D eigenvalue weighted by Gasteiger charge is -2.09. The summed E-state index contributed by atoms with van der Waals surface area (Å²) in [5.41, 5.74) is -0.480. The Morgan fingerprint density at radius 1 is 0.585 bits per heavy atom. The van der Waals surface area contributed by atoms with Crippen LogP contribution in [0, 0.1) is 20.2 Å². The molecule has 0 unspecified atom stereocenters. The Morgan fingerprint density at radius 3 is 1.49 bits per heavy atom. The highest BCUT2D eigenvalue weighted by atomic mass is 16.6. The number of rotatable bonds is 30. The third-order valence-corrected chi connectivity index (χ3v) is 6.33. The first kappa shape index (κ1) is 36.6. The van der Waals surface area contributed by atoms with Gasteiger partial charge in [-0.15, -0.1) is 0 Å². The van der Waals surface area contributed by atoms with Gasteiger partial charge in [-0.05, 0) is 12.5 Å². The van der Waals surface area contributed by atoms with E-state index in [1.165, 1.54) is 76.3 Å². The fourth-order valence-corrected chi connectivity index (χ4v) is 4.04. The molecule has 12 heteroatoms. The number of benzene rings is 1. The Hall–Kier alpha value is -2.38. The van der Waals surface area contributed by atoms with Crippen LogP contribution < -0.4 is 5.32 Å². The first-order chi connectivity index (χ1) is 20.1. The van der Waals surface area contributed by atoms with Crippen molar-refractivity contribution in [1.29, 1.82) is 0 Å². The number of nitrogens with zero attached hydrogens (tertiary/aromatic N) is 2. The Kier molecular flexibility index (Phi) is 23.7. The summed E-state index contributed by atoms with van der Waals surface area (Å²) in [6, 6.07) is 3.47. The number of hydrogen-bond donors (Lipinski definition) is 1. The Morgan fingerprint density at radius 2 is 1.02 bits per heavy atom. The minimum absolute atomic E-state index is 0.202. The van der Waals surface area contributed by atoms with E-state index in [2.05, 4.69) is 12.2 Å². The monoisotopic (exact) mass is 585 g/mol. The number of non-ortho nitro benzene ring substituents is 1. The average Bonchev–Trinajstić information content (AvgIpc) is 2.96. The summed E-state index contributed by atoms with van der Waals surface area (Å²) in [6.07, 6.45) is 14.7. The molecule has 12 nitrogen and oxygen atoms in total. The Balaban J connectivity index is 1.79. The van der Waals surface area contributed by atoms with Crippen LogP contribution in [0.5, 0.6) is 0 Å². The molecule has 1 rings (SSSR count). The van der Waals surface area contributed by atoms with Crippen LogP contribution in [0.4, 0.5) is 17.1 Å².